The van der Waals surface area contributed by atoms with E-state index in [9.17, 15) is 4.79 Å². The lowest BCUT2D eigenvalue weighted by Gasteiger charge is -2.38. The van der Waals surface area contributed by atoms with Crippen LogP contribution >= 0.6 is 0 Å². The van der Waals surface area contributed by atoms with Gasteiger partial charge >= 0.3 is 5.97 Å². The quantitative estimate of drug-likeness (QED) is 0.461. The molecule has 3 rings (SSSR count). The Labute approximate surface area is 94.5 Å². The molecule has 2 aliphatic heterocycles. The van der Waals surface area contributed by atoms with Gasteiger partial charge < -0.3 is 14.2 Å². The molecule has 0 aromatic heterocycles. The fraction of sp³-hybridized carbons (Fsp3) is 0.750. The minimum Gasteiger partial charge on any atom is -0.460 e. The van der Waals surface area contributed by atoms with Crippen LogP contribution in [0.1, 0.15) is 26.7 Å². The summed E-state index contributed by atoms with van der Waals surface area (Å²) in [5.74, 6) is -0.669. The zero-order valence-electron chi connectivity index (χ0n) is 9.67. The van der Waals surface area contributed by atoms with Crippen molar-refractivity contribution < 1.29 is 19.0 Å². The summed E-state index contributed by atoms with van der Waals surface area (Å²) in [5.41, 5.74) is 1.67. The fourth-order valence-corrected chi connectivity index (χ4v) is 3.00. The largest absolute Gasteiger partial charge is 0.460 e. The van der Waals surface area contributed by atoms with Crippen molar-refractivity contribution in [2.75, 3.05) is 19.8 Å². The number of esters is 1. The number of cyclic esters (lactones) is 1. The number of carbonyl (C=O) groups is 1. The molecule has 0 aromatic carbocycles. The molecular formula is C12H16O4. The summed E-state index contributed by atoms with van der Waals surface area (Å²) < 4.78 is 16.6. The van der Waals surface area contributed by atoms with E-state index in [0.29, 0.717) is 19.8 Å². The van der Waals surface area contributed by atoms with Gasteiger partial charge in [0, 0.05) is 6.42 Å². The van der Waals surface area contributed by atoms with Crippen LogP contribution in [-0.4, -0.2) is 31.6 Å². The van der Waals surface area contributed by atoms with Crippen LogP contribution in [0.15, 0.2) is 11.1 Å². The van der Waals surface area contributed by atoms with Crippen molar-refractivity contribution in [2.24, 2.45) is 5.41 Å². The summed E-state index contributed by atoms with van der Waals surface area (Å²) in [4.78, 5) is 11.7. The van der Waals surface area contributed by atoms with Gasteiger partial charge in [-0.05, 0) is 31.4 Å². The van der Waals surface area contributed by atoms with Gasteiger partial charge in [0.15, 0.2) is 5.79 Å². The molecule has 0 bridgehead atoms. The second kappa shape index (κ2) is 3.08. The molecule has 1 aliphatic carbocycles. The standard InChI is InChI=1S/C12H16O4/c1-8-9-7-14-10(13)11(9,2)3-4-12(8)15-5-6-16-12/h3-7H2,1-2H3. The van der Waals surface area contributed by atoms with Crippen molar-refractivity contribution in [1.29, 1.82) is 0 Å². The highest BCUT2D eigenvalue weighted by molar-refractivity contribution is 5.84. The van der Waals surface area contributed by atoms with Gasteiger partial charge in [-0.3, -0.25) is 4.79 Å². The molecular weight excluding hydrogens is 208 g/mol. The molecule has 1 spiro atoms. The lowest BCUT2D eigenvalue weighted by atomic mass is 9.71. The Balaban J connectivity index is 2.08. The van der Waals surface area contributed by atoms with E-state index in [4.69, 9.17) is 14.2 Å². The third-order valence-corrected chi connectivity index (χ3v) is 4.20. The molecule has 2 saturated heterocycles. The van der Waals surface area contributed by atoms with E-state index in [2.05, 4.69) is 0 Å². The van der Waals surface area contributed by atoms with E-state index in [1.54, 1.807) is 0 Å². The second-order valence-electron chi connectivity index (χ2n) is 4.96. The van der Waals surface area contributed by atoms with E-state index < -0.39 is 11.2 Å². The third-order valence-electron chi connectivity index (χ3n) is 4.20. The van der Waals surface area contributed by atoms with E-state index in [1.807, 2.05) is 13.8 Å². The Morgan fingerprint density at radius 2 is 1.88 bits per heavy atom. The van der Waals surface area contributed by atoms with Crippen molar-refractivity contribution in [2.45, 2.75) is 32.5 Å². The summed E-state index contributed by atoms with van der Waals surface area (Å²) in [5, 5.41) is 0. The number of rotatable bonds is 0. The van der Waals surface area contributed by atoms with E-state index >= 15 is 0 Å². The van der Waals surface area contributed by atoms with Crippen LogP contribution in [-0.2, 0) is 19.0 Å². The van der Waals surface area contributed by atoms with Gasteiger partial charge in [0.25, 0.3) is 0 Å². The summed E-state index contributed by atoms with van der Waals surface area (Å²) >= 11 is 0. The summed E-state index contributed by atoms with van der Waals surface area (Å²) in [6.07, 6.45) is 1.49. The fourth-order valence-electron chi connectivity index (χ4n) is 3.00. The molecule has 0 amide bonds. The first-order valence-corrected chi connectivity index (χ1v) is 5.74. The molecule has 2 heterocycles. The Bertz CT molecular complexity index is 378. The molecule has 2 fully saturated rings. The first-order chi connectivity index (χ1) is 7.58. The highest BCUT2D eigenvalue weighted by Crippen LogP contribution is 2.51. The van der Waals surface area contributed by atoms with Gasteiger partial charge in [0.05, 0.1) is 18.6 Å². The molecule has 0 aromatic rings. The first kappa shape index (κ1) is 10.3. The number of ether oxygens (including phenoxy) is 3. The van der Waals surface area contributed by atoms with Crippen LogP contribution in [0.25, 0.3) is 0 Å². The van der Waals surface area contributed by atoms with Crippen molar-refractivity contribution in [1.82, 2.24) is 0 Å². The van der Waals surface area contributed by atoms with Gasteiger partial charge in [0.2, 0.25) is 0 Å². The summed E-state index contributed by atoms with van der Waals surface area (Å²) in [7, 11) is 0. The smallest absolute Gasteiger partial charge is 0.316 e. The maximum atomic E-state index is 11.7. The number of fused-ring (bicyclic) bond motifs is 1. The van der Waals surface area contributed by atoms with Crippen LogP contribution in [0.5, 0.6) is 0 Å². The molecule has 1 atom stereocenters. The second-order valence-corrected chi connectivity index (χ2v) is 4.96. The van der Waals surface area contributed by atoms with Crippen molar-refractivity contribution in [3.05, 3.63) is 11.1 Å². The number of carbonyl (C=O) groups excluding carboxylic acids is 1. The van der Waals surface area contributed by atoms with Gasteiger partial charge in [0.1, 0.15) is 6.61 Å². The summed E-state index contributed by atoms with van der Waals surface area (Å²) in [6, 6.07) is 0. The van der Waals surface area contributed by atoms with Crippen LogP contribution in [0.3, 0.4) is 0 Å². The van der Waals surface area contributed by atoms with Crippen molar-refractivity contribution in [3.63, 3.8) is 0 Å². The van der Waals surface area contributed by atoms with Gasteiger partial charge in [-0.15, -0.1) is 0 Å². The third kappa shape index (κ3) is 1.09. The first-order valence-electron chi connectivity index (χ1n) is 5.74. The van der Waals surface area contributed by atoms with Gasteiger partial charge in [-0.25, -0.2) is 0 Å². The van der Waals surface area contributed by atoms with Crippen molar-refractivity contribution >= 4 is 5.97 Å². The highest BCUT2D eigenvalue weighted by Gasteiger charge is 2.54. The van der Waals surface area contributed by atoms with Crippen molar-refractivity contribution in [3.8, 4) is 0 Å². The molecule has 4 heteroatoms. The Kier molecular flexibility index (Phi) is 1.98. The topological polar surface area (TPSA) is 44.8 Å². The van der Waals surface area contributed by atoms with Crippen LogP contribution < -0.4 is 0 Å². The van der Waals surface area contributed by atoms with Crippen LogP contribution in [0.2, 0.25) is 0 Å². The minimum atomic E-state index is -0.567. The zero-order chi connectivity index (χ0) is 11.4. The summed E-state index contributed by atoms with van der Waals surface area (Å²) in [6.45, 7) is 5.63. The molecule has 3 aliphatic rings. The van der Waals surface area contributed by atoms with Crippen LogP contribution in [0, 0.1) is 5.41 Å². The molecule has 0 radical (unpaired) electrons. The van der Waals surface area contributed by atoms with E-state index in [0.717, 1.165) is 24.0 Å². The predicted molar refractivity (Wildman–Crippen MR) is 55.6 cm³/mol. The van der Waals surface area contributed by atoms with E-state index in [1.165, 1.54) is 0 Å². The molecule has 1 unspecified atom stereocenters. The molecule has 0 saturated carbocycles. The maximum absolute atomic E-state index is 11.7. The highest BCUT2D eigenvalue weighted by atomic mass is 16.7. The zero-order valence-corrected chi connectivity index (χ0v) is 9.67. The number of hydrogen-bond acceptors (Lipinski definition) is 4. The molecule has 0 N–H and O–H groups in total. The predicted octanol–water partition coefficient (Wildman–Crippen LogP) is 1.40. The average Bonchev–Trinajstić information content (AvgIpc) is 2.83. The lowest BCUT2D eigenvalue weighted by molar-refractivity contribution is -0.153. The Morgan fingerprint density at radius 3 is 2.56 bits per heavy atom. The molecule has 16 heavy (non-hydrogen) atoms. The van der Waals surface area contributed by atoms with Crippen LogP contribution in [0.4, 0.5) is 0 Å². The Hall–Kier alpha value is -0.870. The average molecular weight is 224 g/mol. The number of hydrogen-bond donors (Lipinski definition) is 0. The van der Waals surface area contributed by atoms with E-state index in [-0.39, 0.29) is 5.97 Å². The maximum Gasteiger partial charge on any atom is 0.316 e. The Morgan fingerprint density at radius 1 is 1.19 bits per heavy atom. The molecule has 88 valence electrons. The van der Waals surface area contributed by atoms with Gasteiger partial charge in [-0.1, -0.05) is 0 Å². The monoisotopic (exact) mass is 224 g/mol. The normalized spacial score (nSPS) is 36.8. The SMILES string of the molecule is CC1=C2COC(=O)C2(C)CCC12OCCO2. The lowest BCUT2D eigenvalue weighted by Crippen LogP contribution is -2.41. The molecule has 4 nitrogen and oxygen atoms in total. The van der Waals surface area contributed by atoms with Gasteiger partial charge in [-0.2, -0.15) is 0 Å². The minimum absolute atomic E-state index is 0.102.